The molecule has 0 aliphatic heterocycles. The molecular weight excluding hydrogens is 448 g/mol. The van der Waals surface area contributed by atoms with E-state index in [2.05, 4.69) is 20.8 Å². The van der Waals surface area contributed by atoms with Gasteiger partial charge >= 0.3 is 0 Å². The van der Waals surface area contributed by atoms with E-state index in [4.69, 9.17) is 5.73 Å². The summed E-state index contributed by atoms with van der Waals surface area (Å²) >= 11 is 1.44. The Morgan fingerprint density at radius 2 is 1.74 bits per heavy atom. The van der Waals surface area contributed by atoms with E-state index in [-0.39, 0.29) is 5.91 Å². The third kappa shape index (κ3) is 3.88. The Labute approximate surface area is 201 Å². The third-order valence-electron chi connectivity index (χ3n) is 6.15. The fourth-order valence-corrected chi connectivity index (χ4v) is 5.84. The number of thiophene rings is 1. The number of aromatic nitrogens is 3. The van der Waals surface area contributed by atoms with E-state index < -0.39 is 5.91 Å². The number of carbonyl (C=O) groups is 2. The highest BCUT2D eigenvalue weighted by molar-refractivity contribution is 7.17. The van der Waals surface area contributed by atoms with Gasteiger partial charge in [0.15, 0.2) is 5.82 Å². The molecule has 0 unspecified atom stereocenters. The van der Waals surface area contributed by atoms with Crippen LogP contribution in [0.1, 0.15) is 55.4 Å². The maximum atomic E-state index is 13.7. The molecule has 9 heteroatoms. The average Bonchev–Trinajstić information content (AvgIpc) is 3.48. The van der Waals surface area contributed by atoms with Crippen molar-refractivity contribution in [3.8, 4) is 5.82 Å². The molecule has 0 fully saturated rings. The van der Waals surface area contributed by atoms with E-state index in [1.54, 1.807) is 0 Å². The van der Waals surface area contributed by atoms with Gasteiger partial charge in [-0.15, -0.1) is 11.3 Å². The van der Waals surface area contributed by atoms with Gasteiger partial charge in [0.05, 0.1) is 5.56 Å². The summed E-state index contributed by atoms with van der Waals surface area (Å²) < 4.78 is 1.93. The molecule has 2 amide bonds. The molecule has 4 aromatic rings. The van der Waals surface area contributed by atoms with Crippen LogP contribution in [0.25, 0.3) is 5.82 Å². The zero-order valence-electron chi connectivity index (χ0n) is 19.1. The standard InChI is InChI=1S/C25H26N6O2S/c1-14-12-13-15(2)31(14)23-20(22(29-30-23)27-16-8-4-3-5-9-16)24(33)28-25-19(21(26)32)17-10-6-7-11-18(17)34-25/h3-5,8-9,12-13H,6-7,10-11H2,1-2H3,(H2,26,32)(H,28,33)(H2,27,29,30). The molecule has 0 bridgehead atoms. The van der Waals surface area contributed by atoms with Crippen LogP contribution in [0.3, 0.4) is 0 Å². The van der Waals surface area contributed by atoms with Crippen LogP contribution in [0.4, 0.5) is 16.5 Å². The molecule has 3 heterocycles. The minimum absolute atomic E-state index is 0.355. The van der Waals surface area contributed by atoms with Crippen LogP contribution in [0.2, 0.25) is 0 Å². The summed E-state index contributed by atoms with van der Waals surface area (Å²) in [6.07, 6.45) is 3.79. The van der Waals surface area contributed by atoms with Gasteiger partial charge in [0.1, 0.15) is 16.4 Å². The van der Waals surface area contributed by atoms with Gasteiger partial charge in [0.25, 0.3) is 11.8 Å². The molecule has 1 aliphatic rings. The van der Waals surface area contributed by atoms with Gasteiger partial charge in [-0.05, 0) is 69.4 Å². The lowest BCUT2D eigenvalue weighted by atomic mass is 9.95. The van der Waals surface area contributed by atoms with E-state index >= 15 is 0 Å². The first-order chi connectivity index (χ1) is 16.4. The monoisotopic (exact) mass is 474 g/mol. The molecular formula is C25H26N6O2S. The molecule has 0 atom stereocenters. The van der Waals surface area contributed by atoms with Gasteiger partial charge in [-0.1, -0.05) is 18.2 Å². The Hall–Kier alpha value is -3.85. The van der Waals surface area contributed by atoms with Gasteiger partial charge < -0.3 is 20.9 Å². The first kappa shape index (κ1) is 22.0. The highest BCUT2D eigenvalue weighted by Crippen LogP contribution is 2.38. The molecule has 34 heavy (non-hydrogen) atoms. The number of benzene rings is 1. The summed E-state index contributed by atoms with van der Waals surface area (Å²) in [5, 5.41) is 14.2. The van der Waals surface area contributed by atoms with Crippen molar-refractivity contribution < 1.29 is 9.59 Å². The van der Waals surface area contributed by atoms with Crippen molar-refractivity contribution >= 4 is 39.7 Å². The first-order valence-electron chi connectivity index (χ1n) is 11.3. The zero-order valence-corrected chi connectivity index (χ0v) is 19.9. The van der Waals surface area contributed by atoms with Crippen LogP contribution in [0, 0.1) is 13.8 Å². The molecule has 174 valence electrons. The summed E-state index contributed by atoms with van der Waals surface area (Å²) in [5.74, 6) is 0.0728. The number of nitrogens with two attached hydrogens (primary N) is 1. The van der Waals surface area contributed by atoms with Gasteiger partial charge in [0.2, 0.25) is 0 Å². The van der Waals surface area contributed by atoms with E-state index in [1.165, 1.54) is 11.3 Å². The fraction of sp³-hybridized carbons (Fsp3) is 0.240. The summed E-state index contributed by atoms with van der Waals surface area (Å²) in [4.78, 5) is 27.2. The highest BCUT2D eigenvalue weighted by Gasteiger charge is 2.28. The molecule has 1 aromatic carbocycles. The van der Waals surface area contributed by atoms with E-state index in [0.29, 0.717) is 27.8 Å². The molecule has 8 nitrogen and oxygen atoms in total. The minimum Gasteiger partial charge on any atom is -0.365 e. The number of aromatic amines is 1. The predicted molar refractivity (Wildman–Crippen MR) is 135 cm³/mol. The number of nitrogens with zero attached hydrogens (tertiary/aromatic N) is 2. The summed E-state index contributed by atoms with van der Waals surface area (Å²) in [6, 6.07) is 13.5. The molecule has 0 saturated carbocycles. The van der Waals surface area contributed by atoms with Crippen molar-refractivity contribution in [2.24, 2.45) is 5.73 Å². The molecule has 1 aliphatic carbocycles. The number of nitrogens with one attached hydrogen (secondary N) is 3. The number of hydrogen-bond acceptors (Lipinski definition) is 5. The summed E-state index contributed by atoms with van der Waals surface area (Å²) in [7, 11) is 0. The molecule has 0 radical (unpaired) electrons. The quantitative estimate of drug-likeness (QED) is 0.319. The normalized spacial score (nSPS) is 12.9. The van der Waals surface area contributed by atoms with Crippen molar-refractivity contribution in [1.82, 2.24) is 14.8 Å². The van der Waals surface area contributed by atoms with E-state index in [9.17, 15) is 9.59 Å². The lowest BCUT2D eigenvalue weighted by molar-refractivity contribution is 0.100. The number of carbonyl (C=O) groups excluding carboxylic acids is 2. The Balaban J connectivity index is 1.58. The number of anilines is 3. The van der Waals surface area contributed by atoms with Crippen molar-refractivity contribution in [2.75, 3.05) is 10.6 Å². The summed E-state index contributed by atoms with van der Waals surface area (Å²) in [6.45, 7) is 3.93. The SMILES string of the molecule is Cc1ccc(C)n1-c1n[nH]c(Nc2ccccc2)c1C(=O)Nc1sc2c(c1C(N)=O)CCCC2. The number of hydrogen-bond donors (Lipinski definition) is 4. The van der Waals surface area contributed by atoms with Crippen molar-refractivity contribution in [1.29, 1.82) is 0 Å². The van der Waals surface area contributed by atoms with Crippen LogP contribution in [0.15, 0.2) is 42.5 Å². The van der Waals surface area contributed by atoms with E-state index in [0.717, 1.165) is 53.2 Å². The smallest absolute Gasteiger partial charge is 0.263 e. The molecule has 5 rings (SSSR count). The van der Waals surface area contributed by atoms with Crippen LogP contribution in [-0.4, -0.2) is 26.6 Å². The lowest BCUT2D eigenvalue weighted by Gasteiger charge is -2.12. The number of rotatable bonds is 6. The maximum absolute atomic E-state index is 13.7. The number of para-hydroxylation sites is 1. The largest absolute Gasteiger partial charge is 0.365 e. The van der Waals surface area contributed by atoms with Gasteiger partial charge in [-0.2, -0.15) is 5.10 Å². The third-order valence-corrected chi connectivity index (χ3v) is 7.35. The Morgan fingerprint density at radius 1 is 1.03 bits per heavy atom. The summed E-state index contributed by atoms with van der Waals surface area (Å²) in [5.41, 5.74) is 10.2. The number of H-pyrrole nitrogens is 1. The number of amides is 2. The van der Waals surface area contributed by atoms with Gasteiger partial charge in [-0.3, -0.25) is 14.7 Å². The zero-order chi connectivity index (χ0) is 23.8. The topological polar surface area (TPSA) is 118 Å². The molecule has 0 spiro atoms. The molecule has 5 N–H and O–H groups in total. The first-order valence-corrected chi connectivity index (χ1v) is 12.1. The molecule has 3 aromatic heterocycles. The molecule has 0 saturated heterocycles. The number of aryl methyl sites for hydroxylation is 3. The second-order valence-electron chi connectivity index (χ2n) is 8.47. The number of fused-ring (bicyclic) bond motifs is 1. The Kier molecular flexibility index (Phi) is 5.70. The Bertz CT molecular complexity index is 1360. The minimum atomic E-state index is -0.512. The average molecular weight is 475 g/mol. The van der Waals surface area contributed by atoms with E-state index in [1.807, 2.05) is 60.9 Å². The van der Waals surface area contributed by atoms with Crippen molar-refractivity contribution in [3.05, 3.63) is 75.4 Å². The number of primary amides is 1. The van der Waals surface area contributed by atoms with Gasteiger partial charge in [-0.25, -0.2) is 0 Å². The van der Waals surface area contributed by atoms with Crippen LogP contribution in [0.5, 0.6) is 0 Å². The Morgan fingerprint density at radius 3 is 2.44 bits per heavy atom. The van der Waals surface area contributed by atoms with Crippen molar-refractivity contribution in [2.45, 2.75) is 39.5 Å². The second kappa shape index (κ2) is 8.83. The van der Waals surface area contributed by atoms with Crippen LogP contribution >= 0.6 is 11.3 Å². The van der Waals surface area contributed by atoms with Crippen molar-refractivity contribution in [3.63, 3.8) is 0 Å². The van der Waals surface area contributed by atoms with Gasteiger partial charge in [0, 0.05) is 22.0 Å². The lowest BCUT2D eigenvalue weighted by Crippen LogP contribution is -2.20. The van der Waals surface area contributed by atoms with Crippen LogP contribution in [-0.2, 0) is 12.8 Å². The second-order valence-corrected chi connectivity index (χ2v) is 9.58. The highest BCUT2D eigenvalue weighted by atomic mass is 32.1. The maximum Gasteiger partial charge on any atom is 0.263 e. The fourth-order valence-electron chi connectivity index (χ4n) is 4.55. The predicted octanol–water partition coefficient (Wildman–Crippen LogP) is 4.85. The van der Waals surface area contributed by atoms with Crippen LogP contribution < -0.4 is 16.4 Å².